The van der Waals surface area contributed by atoms with Gasteiger partial charge >= 0.3 is 0 Å². The molecule has 2 aromatic carbocycles. The Kier molecular flexibility index (Phi) is 6.08. The van der Waals surface area contributed by atoms with Crippen LogP contribution in [0, 0.1) is 62.3 Å². The summed E-state index contributed by atoms with van der Waals surface area (Å²) in [5.41, 5.74) is 17.9. The molecule has 0 aliphatic carbocycles. The zero-order valence-electron chi connectivity index (χ0n) is 21.3. The zero-order chi connectivity index (χ0) is 23.1. The number of aromatic nitrogens is 1. The van der Waals surface area contributed by atoms with E-state index < -0.39 is 0 Å². The maximum atomic E-state index is 13.3. The van der Waals surface area contributed by atoms with Crippen LogP contribution >= 0.6 is 0 Å². The van der Waals surface area contributed by atoms with Crippen LogP contribution in [0.4, 0.5) is 5.69 Å². The topological polar surface area (TPSA) is 34.0 Å². The number of rotatable bonds is 1. The molecule has 1 aliphatic rings. The number of nitrogens with zero attached hydrogens (tertiary/aromatic N) is 1. The number of allylic oxidation sites excluding steroid dienone is 1. The molecule has 4 rings (SSSR count). The SMILES string of the molecule is C/C(=C1/C(=O)Nc2c(C)c(C)c(C)c(C)c21)c1c(C)n(C)c2c(C)c(C)c(C)c(C)c12.[V]. The average Bonchev–Trinajstić information content (AvgIpc) is 3.21. The average molecular weight is 466 g/mol. The summed E-state index contributed by atoms with van der Waals surface area (Å²) in [4.78, 5) is 13.3. The van der Waals surface area contributed by atoms with E-state index in [9.17, 15) is 4.79 Å². The molecular weight excluding hydrogens is 431 g/mol. The Balaban J connectivity index is 0.00000289. The van der Waals surface area contributed by atoms with Crippen LogP contribution in [0.1, 0.15) is 68.3 Å². The van der Waals surface area contributed by atoms with E-state index in [-0.39, 0.29) is 24.5 Å². The largest absolute Gasteiger partial charge is 0.347 e. The van der Waals surface area contributed by atoms with Crippen LogP contribution in [-0.4, -0.2) is 10.5 Å². The first-order valence-corrected chi connectivity index (χ1v) is 11.1. The second-order valence-electron chi connectivity index (χ2n) is 9.45. The molecule has 0 saturated carbocycles. The third kappa shape index (κ3) is 2.98. The summed E-state index contributed by atoms with van der Waals surface area (Å²) >= 11 is 0. The van der Waals surface area contributed by atoms with Crippen molar-refractivity contribution in [1.29, 1.82) is 0 Å². The van der Waals surface area contributed by atoms with Crippen molar-refractivity contribution in [3.05, 3.63) is 61.3 Å². The molecular formula is C28H34N2OV. The third-order valence-corrected chi connectivity index (χ3v) is 8.26. The van der Waals surface area contributed by atoms with Gasteiger partial charge < -0.3 is 9.88 Å². The van der Waals surface area contributed by atoms with E-state index in [1.807, 2.05) is 0 Å². The van der Waals surface area contributed by atoms with Crippen molar-refractivity contribution in [2.24, 2.45) is 7.05 Å². The van der Waals surface area contributed by atoms with Gasteiger partial charge in [0.1, 0.15) is 0 Å². The van der Waals surface area contributed by atoms with Gasteiger partial charge in [0.2, 0.25) is 0 Å². The van der Waals surface area contributed by atoms with Crippen LogP contribution in [0.25, 0.3) is 22.0 Å². The summed E-state index contributed by atoms with van der Waals surface area (Å²) < 4.78 is 2.30. The molecule has 0 bridgehead atoms. The summed E-state index contributed by atoms with van der Waals surface area (Å²) in [5.74, 6) is 0.0123. The van der Waals surface area contributed by atoms with Gasteiger partial charge in [-0.15, -0.1) is 0 Å². The molecule has 0 spiro atoms. The monoisotopic (exact) mass is 465 g/mol. The smallest absolute Gasteiger partial charge is 0.256 e. The Bertz CT molecular complexity index is 1370. The molecule has 167 valence electrons. The zero-order valence-corrected chi connectivity index (χ0v) is 22.7. The molecule has 0 unspecified atom stereocenters. The number of fused-ring (bicyclic) bond motifs is 2. The number of hydrogen-bond donors (Lipinski definition) is 1. The van der Waals surface area contributed by atoms with Gasteiger partial charge in [0.25, 0.3) is 5.91 Å². The molecule has 1 amide bonds. The Hall–Kier alpha value is -2.23. The Labute approximate surface area is 204 Å². The molecule has 4 heteroatoms. The Morgan fingerprint density at radius 2 is 1.22 bits per heavy atom. The maximum absolute atomic E-state index is 13.3. The number of benzene rings is 2. The van der Waals surface area contributed by atoms with Crippen molar-refractivity contribution in [3.63, 3.8) is 0 Å². The fraction of sp³-hybridized carbons (Fsp3) is 0.393. The van der Waals surface area contributed by atoms with Crippen LogP contribution in [-0.2, 0) is 30.4 Å². The Morgan fingerprint density at radius 1 is 0.719 bits per heavy atom. The molecule has 3 nitrogen and oxygen atoms in total. The van der Waals surface area contributed by atoms with E-state index in [0.717, 1.165) is 22.4 Å². The summed E-state index contributed by atoms with van der Waals surface area (Å²) in [6.07, 6.45) is 0. The van der Waals surface area contributed by atoms with Crippen molar-refractivity contribution in [3.8, 4) is 0 Å². The number of carbonyl (C=O) groups excluding carboxylic acids is 1. The van der Waals surface area contributed by atoms with Crippen LogP contribution in [0.3, 0.4) is 0 Å². The normalized spacial score (nSPS) is 14.5. The van der Waals surface area contributed by atoms with E-state index in [4.69, 9.17) is 0 Å². The molecule has 0 atom stereocenters. The molecule has 32 heavy (non-hydrogen) atoms. The maximum Gasteiger partial charge on any atom is 0.256 e. The standard InChI is InChI=1S/C28H34N2O.V/c1-12-14(3)18(7)26-23(16(12)5)25(28(31)29-26)20(9)22-21(10)30(11)27-19(8)15(4)13(2)17(6)24(22)27;/h1-11H3,(H,29,31);/b25-20-;. The predicted molar refractivity (Wildman–Crippen MR) is 133 cm³/mol. The summed E-state index contributed by atoms with van der Waals surface area (Å²) in [7, 11) is 2.14. The molecule has 0 saturated heterocycles. The fourth-order valence-electron chi connectivity index (χ4n) is 5.55. The van der Waals surface area contributed by atoms with Crippen LogP contribution < -0.4 is 5.32 Å². The number of hydrogen-bond acceptors (Lipinski definition) is 1. The minimum atomic E-state index is 0. The quantitative estimate of drug-likeness (QED) is 0.393. The van der Waals surface area contributed by atoms with Gasteiger partial charge in [-0.3, -0.25) is 4.79 Å². The third-order valence-electron chi connectivity index (χ3n) is 8.26. The van der Waals surface area contributed by atoms with Crippen LogP contribution in [0.15, 0.2) is 0 Å². The van der Waals surface area contributed by atoms with Gasteiger partial charge in [0.05, 0.1) is 16.8 Å². The van der Waals surface area contributed by atoms with E-state index in [0.29, 0.717) is 0 Å². The molecule has 0 fully saturated rings. The van der Waals surface area contributed by atoms with Crippen molar-refractivity contribution in [2.45, 2.75) is 69.2 Å². The predicted octanol–water partition coefficient (Wildman–Crippen LogP) is 6.83. The van der Waals surface area contributed by atoms with E-state index in [1.165, 1.54) is 66.7 Å². The minimum Gasteiger partial charge on any atom is -0.347 e. The minimum absolute atomic E-state index is 0. The molecule has 1 aromatic heterocycles. The summed E-state index contributed by atoms with van der Waals surface area (Å²) in [6, 6.07) is 0. The van der Waals surface area contributed by atoms with Gasteiger partial charge in [-0.2, -0.15) is 0 Å². The van der Waals surface area contributed by atoms with Crippen molar-refractivity contribution >= 4 is 33.6 Å². The van der Waals surface area contributed by atoms with Crippen LogP contribution in [0.5, 0.6) is 0 Å². The van der Waals surface area contributed by atoms with Gasteiger partial charge in [-0.05, 0) is 119 Å². The second kappa shape index (κ2) is 7.97. The summed E-state index contributed by atoms with van der Waals surface area (Å²) in [6.45, 7) is 21.7. The van der Waals surface area contributed by atoms with E-state index in [2.05, 4.69) is 86.2 Å². The first kappa shape index (κ1) is 24.4. The first-order valence-electron chi connectivity index (χ1n) is 11.1. The number of aryl methyl sites for hydroxylation is 3. The molecule has 3 aromatic rings. The number of nitrogens with one attached hydrogen (secondary N) is 1. The van der Waals surface area contributed by atoms with Crippen LogP contribution in [0.2, 0.25) is 0 Å². The van der Waals surface area contributed by atoms with Gasteiger partial charge in [-0.1, -0.05) is 0 Å². The van der Waals surface area contributed by atoms with Crippen molar-refractivity contribution in [1.82, 2.24) is 4.57 Å². The van der Waals surface area contributed by atoms with Crippen molar-refractivity contribution in [2.75, 3.05) is 5.32 Å². The van der Waals surface area contributed by atoms with E-state index in [1.54, 1.807) is 0 Å². The van der Waals surface area contributed by atoms with Gasteiger partial charge in [-0.25, -0.2) is 0 Å². The van der Waals surface area contributed by atoms with Gasteiger partial charge in [0.15, 0.2) is 0 Å². The number of amides is 1. The van der Waals surface area contributed by atoms with Gasteiger partial charge in [0, 0.05) is 47.8 Å². The molecule has 1 aliphatic heterocycles. The first-order chi connectivity index (χ1) is 14.4. The van der Waals surface area contributed by atoms with E-state index >= 15 is 0 Å². The molecule has 1 N–H and O–H groups in total. The summed E-state index contributed by atoms with van der Waals surface area (Å²) in [5, 5.41) is 4.47. The fourth-order valence-corrected chi connectivity index (χ4v) is 5.55. The Morgan fingerprint density at radius 3 is 1.81 bits per heavy atom. The molecule has 2 heterocycles. The number of anilines is 1. The molecule has 1 radical (unpaired) electrons. The number of carbonyl (C=O) groups is 1. The van der Waals surface area contributed by atoms with Crippen molar-refractivity contribution < 1.29 is 23.4 Å². The second-order valence-corrected chi connectivity index (χ2v) is 9.45.